The Morgan fingerprint density at radius 2 is 1.61 bits per heavy atom. The number of nitrogens with one attached hydrogen (secondary N) is 2. The average Bonchev–Trinajstić information content (AvgIpc) is 3.24. The zero-order valence-corrected chi connectivity index (χ0v) is 17.0. The molecule has 3 aromatic heterocycles. The lowest BCUT2D eigenvalue weighted by molar-refractivity contribution is 0.582. The van der Waals surface area contributed by atoms with E-state index in [0.717, 1.165) is 11.8 Å². The van der Waals surface area contributed by atoms with E-state index in [-0.39, 0.29) is 17.5 Å². The molecule has 7 nitrogen and oxygen atoms in total. The van der Waals surface area contributed by atoms with Gasteiger partial charge in [0.15, 0.2) is 17.0 Å². The minimum absolute atomic E-state index is 0.220. The van der Waals surface area contributed by atoms with Crippen molar-refractivity contribution >= 4 is 28.6 Å². The van der Waals surface area contributed by atoms with Crippen LogP contribution in [0.25, 0.3) is 16.9 Å². The summed E-state index contributed by atoms with van der Waals surface area (Å²) in [5.74, 6) is -1.23. The third kappa shape index (κ3) is 4.45. The summed E-state index contributed by atoms with van der Waals surface area (Å²) in [5, 5.41) is 6.21. The number of hydrogen-bond donors (Lipinski definition) is 2. The standard InChI is InChI=1S/C23H16F3N7/c24-14-4-6-17(7-5-14)30-21-20-22(32-23(31-21)28-12-18-3-1-2-8-27-18)33(13-29-20)19-10-15(25)9-16(26)11-19/h1-11,13H,12H2,(H2,28,30,31,32). The van der Waals surface area contributed by atoms with Crippen molar-refractivity contribution in [2.24, 2.45) is 0 Å². The molecule has 0 aliphatic heterocycles. The van der Waals surface area contributed by atoms with Crippen molar-refractivity contribution in [2.45, 2.75) is 6.54 Å². The highest BCUT2D eigenvalue weighted by molar-refractivity contribution is 5.87. The molecule has 2 N–H and O–H groups in total. The Morgan fingerprint density at radius 3 is 2.33 bits per heavy atom. The van der Waals surface area contributed by atoms with Gasteiger partial charge >= 0.3 is 0 Å². The lowest BCUT2D eigenvalue weighted by atomic mass is 10.3. The fraction of sp³-hybridized carbons (Fsp3) is 0.0435. The molecule has 0 fully saturated rings. The first-order chi connectivity index (χ1) is 16.0. The summed E-state index contributed by atoms with van der Waals surface area (Å²) >= 11 is 0. The van der Waals surface area contributed by atoms with Crippen molar-refractivity contribution in [3.05, 3.63) is 96.3 Å². The average molecular weight is 447 g/mol. The van der Waals surface area contributed by atoms with Crippen molar-refractivity contribution in [1.29, 1.82) is 0 Å². The third-order valence-corrected chi connectivity index (χ3v) is 4.78. The molecule has 164 valence electrons. The van der Waals surface area contributed by atoms with Crippen LogP contribution in [-0.2, 0) is 6.54 Å². The minimum Gasteiger partial charge on any atom is -0.348 e. The summed E-state index contributed by atoms with van der Waals surface area (Å²) in [7, 11) is 0. The smallest absolute Gasteiger partial charge is 0.227 e. The summed E-state index contributed by atoms with van der Waals surface area (Å²) in [6, 6.07) is 14.4. The normalized spacial score (nSPS) is 11.0. The predicted molar refractivity (Wildman–Crippen MR) is 118 cm³/mol. The lowest BCUT2D eigenvalue weighted by Crippen LogP contribution is -2.08. The predicted octanol–water partition coefficient (Wildman–Crippen LogP) is 4.98. The van der Waals surface area contributed by atoms with Gasteiger partial charge in [-0.2, -0.15) is 9.97 Å². The minimum atomic E-state index is -0.723. The van der Waals surface area contributed by atoms with Gasteiger partial charge in [-0.05, 0) is 48.5 Å². The highest BCUT2D eigenvalue weighted by atomic mass is 19.1. The van der Waals surface area contributed by atoms with Crippen LogP contribution in [0.3, 0.4) is 0 Å². The van der Waals surface area contributed by atoms with Crippen LogP contribution < -0.4 is 10.6 Å². The number of rotatable bonds is 6. The fourth-order valence-corrected chi connectivity index (χ4v) is 3.28. The van der Waals surface area contributed by atoms with E-state index in [1.54, 1.807) is 18.3 Å². The molecule has 0 amide bonds. The molecule has 33 heavy (non-hydrogen) atoms. The van der Waals surface area contributed by atoms with Gasteiger partial charge in [-0.25, -0.2) is 18.2 Å². The monoisotopic (exact) mass is 447 g/mol. The Hall–Kier alpha value is -4.47. The van der Waals surface area contributed by atoms with Gasteiger partial charge in [-0.1, -0.05) is 6.07 Å². The summed E-state index contributed by atoms with van der Waals surface area (Å²) in [6.07, 6.45) is 3.09. The van der Waals surface area contributed by atoms with E-state index < -0.39 is 11.6 Å². The van der Waals surface area contributed by atoms with Gasteiger partial charge in [0.05, 0.1) is 17.9 Å². The van der Waals surface area contributed by atoms with Crippen LogP contribution in [0.5, 0.6) is 0 Å². The molecule has 5 rings (SSSR count). The number of aromatic nitrogens is 5. The zero-order valence-electron chi connectivity index (χ0n) is 17.0. The van der Waals surface area contributed by atoms with E-state index >= 15 is 0 Å². The summed E-state index contributed by atoms with van der Waals surface area (Å²) in [4.78, 5) is 17.6. The number of pyridine rings is 1. The van der Waals surface area contributed by atoms with Crippen LogP contribution in [0.1, 0.15) is 5.69 Å². The van der Waals surface area contributed by atoms with Crippen molar-refractivity contribution < 1.29 is 13.2 Å². The lowest BCUT2D eigenvalue weighted by Gasteiger charge is -2.11. The quantitative estimate of drug-likeness (QED) is 0.382. The second-order valence-electron chi connectivity index (χ2n) is 7.12. The number of hydrogen-bond acceptors (Lipinski definition) is 6. The Bertz CT molecular complexity index is 1400. The Kier molecular flexibility index (Phi) is 5.31. The van der Waals surface area contributed by atoms with Crippen LogP contribution in [0.2, 0.25) is 0 Å². The molecule has 0 aliphatic rings. The highest BCUT2D eigenvalue weighted by Crippen LogP contribution is 2.27. The van der Waals surface area contributed by atoms with Gasteiger partial charge in [0, 0.05) is 18.0 Å². The number of benzene rings is 2. The highest BCUT2D eigenvalue weighted by Gasteiger charge is 2.16. The number of nitrogens with zero attached hydrogens (tertiary/aromatic N) is 5. The van der Waals surface area contributed by atoms with E-state index in [4.69, 9.17) is 0 Å². The number of anilines is 3. The Morgan fingerprint density at radius 1 is 0.818 bits per heavy atom. The van der Waals surface area contributed by atoms with Crippen LogP contribution in [-0.4, -0.2) is 24.5 Å². The third-order valence-electron chi connectivity index (χ3n) is 4.78. The van der Waals surface area contributed by atoms with Gasteiger partial charge < -0.3 is 10.6 Å². The Balaban J connectivity index is 1.59. The molecule has 0 saturated heterocycles. The number of fused-ring (bicyclic) bond motifs is 1. The van der Waals surface area contributed by atoms with E-state index in [2.05, 4.69) is 30.6 Å². The molecule has 0 spiro atoms. The topological polar surface area (TPSA) is 80.6 Å². The maximum atomic E-state index is 13.8. The molecule has 0 radical (unpaired) electrons. The summed E-state index contributed by atoms with van der Waals surface area (Å²) < 4.78 is 42.5. The zero-order chi connectivity index (χ0) is 22.8. The molecule has 10 heteroatoms. The fourth-order valence-electron chi connectivity index (χ4n) is 3.28. The molecule has 0 atom stereocenters. The molecule has 3 heterocycles. The molecule has 0 aliphatic carbocycles. The maximum absolute atomic E-state index is 13.8. The van der Waals surface area contributed by atoms with E-state index in [0.29, 0.717) is 29.2 Å². The van der Waals surface area contributed by atoms with Crippen LogP contribution >= 0.6 is 0 Å². The number of halogens is 3. The SMILES string of the molecule is Fc1ccc(Nc2nc(NCc3ccccn3)nc3c2ncn3-c2cc(F)cc(F)c2)cc1. The molecular weight excluding hydrogens is 431 g/mol. The van der Waals surface area contributed by atoms with Gasteiger partial charge in [-0.3, -0.25) is 9.55 Å². The van der Waals surface area contributed by atoms with E-state index in [9.17, 15) is 13.2 Å². The van der Waals surface area contributed by atoms with Gasteiger partial charge in [0.1, 0.15) is 23.8 Å². The molecule has 5 aromatic rings. The second kappa shape index (κ2) is 8.58. The molecule has 0 saturated carbocycles. The van der Waals surface area contributed by atoms with Crippen molar-refractivity contribution in [3.63, 3.8) is 0 Å². The summed E-state index contributed by atoms with van der Waals surface area (Å²) in [5.41, 5.74) is 2.26. The van der Waals surface area contributed by atoms with Crippen molar-refractivity contribution in [1.82, 2.24) is 24.5 Å². The van der Waals surface area contributed by atoms with Crippen LogP contribution in [0.4, 0.5) is 30.6 Å². The van der Waals surface area contributed by atoms with Crippen molar-refractivity contribution in [3.8, 4) is 5.69 Å². The van der Waals surface area contributed by atoms with Crippen LogP contribution in [0, 0.1) is 17.5 Å². The first-order valence-electron chi connectivity index (χ1n) is 9.93. The van der Waals surface area contributed by atoms with E-state index in [1.807, 2.05) is 18.2 Å². The second-order valence-corrected chi connectivity index (χ2v) is 7.12. The molecule has 0 bridgehead atoms. The largest absolute Gasteiger partial charge is 0.348 e. The molecule has 0 unspecified atom stereocenters. The van der Waals surface area contributed by atoms with Gasteiger partial charge in [0.25, 0.3) is 0 Å². The van der Waals surface area contributed by atoms with E-state index in [1.165, 1.54) is 35.2 Å². The first-order valence-corrected chi connectivity index (χ1v) is 9.93. The van der Waals surface area contributed by atoms with Gasteiger partial charge in [0.2, 0.25) is 5.95 Å². The maximum Gasteiger partial charge on any atom is 0.227 e. The molecular formula is C23H16F3N7. The Labute approximate surface area is 186 Å². The van der Waals surface area contributed by atoms with Gasteiger partial charge in [-0.15, -0.1) is 0 Å². The summed E-state index contributed by atoms with van der Waals surface area (Å²) in [6.45, 7) is 0.352. The van der Waals surface area contributed by atoms with Crippen molar-refractivity contribution in [2.75, 3.05) is 10.6 Å². The van der Waals surface area contributed by atoms with Crippen LogP contribution in [0.15, 0.2) is 73.2 Å². The number of imidazole rings is 1. The molecule has 2 aromatic carbocycles. The first kappa shape index (κ1) is 20.4.